The molecule has 148 valence electrons. The van der Waals surface area contributed by atoms with Crippen LogP contribution in [0.1, 0.15) is 30.9 Å². The van der Waals surface area contributed by atoms with Crippen molar-refractivity contribution in [3.05, 3.63) is 77.4 Å². The van der Waals surface area contributed by atoms with Crippen molar-refractivity contribution in [2.75, 3.05) is 20.1 Å². The lowest BCUT2D eigenvalue weighted by atomic mass is 10.0. The number of nitrogens with zero attached hydrogens (tertiary/aromatic N) is 2. The molecule has 0 atom stereocenters. The zero-order valence-electron chi connectivity index (χ0n) is 16.4. The largest absolute Gasteiger partial charge is 0.332 e. The van der Waals surface area contributed by atoms with Crippen molar-refractivity contribution < 1.29 is 13.6 Å². The number of benzene rings is 2. The number of amides is 1. The van der Waals surface area contributed by atoms with Gasteiger partial charge in [0.15, 0.2) is 0 Å². The molecule has 28 heavy (non-hydrogen) atoms. The summed E-state index contributed by atoms with van der Waals surface area (Å²) in [6.07, 6.45) is 3.30. The van der Waals surface area contributed by atoms with Crippen LogP contribution in [-0.4, -0.2) is 41.9 Å². The second kappa shape index (κ2) is 9.11. The van der Waals surface area contributed by atoms with E-state index in [1.807, 2.05) is 6.92 Å². The van der Waals surface area contributed by atoms with E-state index >= 15 is 0 Å². The van der Waals surface area contributed by atoms with Crippen LogP contribution in [-0.2, 0) is 11.3 Å². The van der Waals surface area contributed by atoms with Crippen LogP contribution in [0.2, 0.25) is 0 Å². The molecule has 1 aliphatic rings. The van der Waals surface area contributed by atoms with Gasteiger partial charge in [0.2, 0.25) is 5.91 Å². The average molecular weight is 384 g/mol. The van der Waals surface area contributed by atoms with Gasteiger partial charge >= 0.3 is 0 Å². The molecule has 2 aromatic rings. The summed E-state index contributed by atoms with van der Waals surface area (Å²) in [4.78, 5) is 17.1. The lowest BCUT2D eigenvalue weighted by molar-refractivity contribution is -0.129. The Morgan fingerprint density at radius 1 is 1.11 bits per heavy atom. The van der Waals surface area contributed by atoms with Crippen LogP contribution in [0.4, 0.5) is 8.78 Å². The van der Waals surface area contributed by atoms with Crippen molar-refractivity contribution in [3.8, 4) is 0 Å². The number of hydrogen-bond donors (Lipinski definition) is 0. The van der Waals surface area contributed by atoms with Gasteiger partial charge in [-0.3, -0.25) is 4.79 Å². The summed E-state index contributed by atoms with van der Waals surface area (Å²) in [5, 5.41) is 0. The van der Waals surface area contributed by atoms with Crippen molar-refractivity contribution in [1.82, 2.24) is 9.80 Å². The molecular formula is C23H26F2N2O. The number of carbonyl (C=O) groups is 1. The summed E-state index contributed by atoms with van der Waals surface area (Å²) in [7, 11) is 2.07. The van der Waals surface area contributed by atoms with Crippen LogP contribution in [0.3, 0.4) is 0 Å². The predicted octanol–water partition coefficient (Wildman–Crippen LogP) is 4.49. The molecular weight excluding hydrogens is 358 g/mol. The fraction of sp³-hybridized carbons (Fsp3) is 0.348. The fourth-order valence-electron chi connectivity index (χ4n) is 3.57. The first kappa shape index (κ1) is 20.2. The van der Waals surface area contributed by atoms with E-state index in [0.29, 0.717) is 5.56 Å². The Balaban J connectivity index is 1.84. The highest BCUT2D eigenvalue weighted by molar-refractivity contribution is 5.95. The molecule has 3 rings (SSSR count). The molecule has 3 nitrogen and oxygen atoms in total. The van der Waals surface area contributed by atoms with Crippen LogP contribution in [0.25, 0.3) is 5.57 Å². The summed E-state index contributed by atoms with van der Waals surface area (Å²) in [5.74, 6) is -0.748. The summed E-state index contributed by atoms with van der Waals surface area (Å²) in [6.45, 7) is 3.90. The van der Waals surface area contributed by atoms with Crippen molar-refractivity contribution >= 4 is 11.5 Å². The molecule has 0 bridgehead atoms. The van der Waals surface area contributed by atoms with E-state index in [9.17, 15) is 13.6 Å². The van der Waals surface area contributed by atoms with Gasteiger partial charge < -0.3 is 9.80 Å². The number of allylic oxidation sites excluding steroid dienone is 1. The molecule has 1 aliphatic heterocycles. The van der Waals surface area contributed by atoms with Crippen molar-refractivity contribution in [1.29, 1.82) is 0 Å². The fourth-order valence-corrected chi connectivity index (χ4v) is 3.57. The zero-order chi connectivity index (χ0) is 20.1. The lowest BCUT2D eigenvalue weighted by Gasteiger charge is -2.37. The first-order valence-corrected chi connectivity index (χ1v) is 9.61. The molecule has 1 fully saturated rings. The monoisotopic (exact) mass is 384 g/mol. The smallest absolute Gasteiger partial charge is 0.247 e. The number of halogens is 2. The number of likely N-dealkylation sites (tertiary alicyclic amines) is 1. The quantitative estimate of drug-likeness (QED) is 0.709. The molecule has 0 aromatic heterocycles. The van der Waals surface area contributed by atoms with Gasteiger partial charge in [0, 0.05) is 24.2 Å². The molecule has 0 radical (unpaired) electrons. The molecule has 0 N–H and O–H groups in total. The molecule has 0 unspecified atom stereocenters. The third-order valence-corrected chi connectivity index (χ3v) is 5.35. The number of rotatable bonds is 5. The van der Waals surface area contributed by atoms with Gasteiger partial charge in [-0.2, -0.15) is 0 Å². The molecule has 0 aliphatic carbocycles. The van der Waals surface area contributed by atoms with E-state index in [1.165, 1.54) is 18.2 Å². The van der Waals surface area contributed by atoms with E-state index in [1.54, 1.807) is 41.3 Å². The first-order chi connectivity index (χ1) is 13.4. The minimum absolute atomic E-state index is 0.0700. The van der Waals surface area contributed by atoms with E-state index in [2.05, 4.69) is 11.9 Å². The van der Waals surface area contributed by atoms with Crippen LogP contribution in [0.5, 0.6) is 0 Å². The highest BCUT2D eigenvalue weighted by Gasteiger charge is 2.27. The number of carbonyl (C=O) groups excluding carboxylic acids is 1. The Morgan fingerprint density at radius 2 is 1.75 bits per heavy atom. The van der Waals surface area contributed by atoms with Gasteiger partial charge in [-0.15, -0.1) is 0 Å². The Labute approximate surface area is 165 Å². The van der Waals surface area contributed by atoms with Gasteiger partial charge in [0.05, 0.1) is 0 Å². The maximum atomic E-state index is 14.2. The second-order valence-electron chi connectivity index (χ2n) is 7.43. The minimum atomic E-state index is -0.310. The molecule has 5 heteroatoms. The molecule has 1 saturated heterocycles. The Bertz CT molecular complexity index is 840. The van der Waals surface area contributed by atoms with Crippen LogP contribution in [0, 0.1) is 11.6 Å². The lowest BCUT2D eigenvalue weighted by Crippen LogP contribution is -2.45. The Morgan fingerprint density at radius 3 is 2.39 bits per heavy atom. The first-order valence-electron chi connectivity index (χ1n) is 9.61. The minimum Gasteiger partial charge on any atom is -0.332 e. The molecule has 1 heterocycles. The molecule has 2 aromatic carbocycles. The van der Waals surface area contributed by atoms with Gasteiger partial charge in [-0.25, -0.2) is 8.78 Å². The maximum Gasteiger partial charge on any atom is 0.247 e. The van der Waals surface area contributed by atoms with E-state index in [0.717, 1.165) is 37.1 Å². The van der Waals surface area contributed by atoms with Crippen LogP contribution < -0.4 is 0 Å². The van der Waals surface area contributed by atoms with Crippen LogP contribution in [0.15, 0.2) is 54.6 Å². The van der Waals surface area contributed by atoms with Crippen LogP contribution >= 0.6 is 0 Å². The standard InChI is InChI=1S/C23H26F2N2O/c1-17(18-7-9-20(24)10-8-18)15-23(28)27(21-11-13-26(2)14-12-21)16-19-5-3-4-6-22(19)25/h3-10,15,21H,11-14,16H2,1-2H3/b17-15+. The van der Waals surface area contributed by atoms with E-state index < -0.39 is 0 Å². The zero-order valence-corrected chi connectivity index (χ0v) is 16.4. The molecule has 0 saturated carbocycles. The molecule has 0 spiro atoms. The summed E-state index contributed by atoms with van der Waals surface area (Å²) >= 11 is 0. The van der Waals surface area contributed by atoms with E-state index in [4.69, 9.17) is 0 Å². The Hall–Kier alpha value is -2.53. The van der Waals surface area contributed by atoms with Crippen molar-refractivity contribution in [2.24, 2.45) is 0 Å². The van der Waals surface area contributed by atoms with Crippen molar-refractivity contribution in [3.63, 3.8) is 0 Å². The van der Waals surface area contributed by atoms with E-state index in [-0.39, 0.29) is 30.1 Å². The predicted molar refractivity (Wildman–Crippen MR) is 108 cm³/mol. The second-order valence-corrected chi connectivity index (χ2v) is 7.43. The summed E-state index contributed by atoms with van der Waals surface area (Å²) in [6, 6.07) is 12.7. The number of piperidine rings is 1. The SMILES string of the molecule is C/C(=C\C(=O)N(Cc1ccccc1F)C1CCN(C)CC1)c1ccc(F)cc1. The normalized spacial score (nSPS) is 16.2. The van der Waals surface area contributed by atoms with Gasteiger partial charge in [0.1, 0.15) is 11.6 Å². The third kappa shape index (κ3) is 5.04. The highest BCUT2D eigenvalue weighted by atomic mass is 19.1. The number of hydrogen-bond acceptors (Lipinski definition) is 2. The van der Waals surface area contributed by atoms with Gasteiger partial charge in [-0.1, -0.05) is 30.3 Å². The molecule has 1 amide bonds. The summed E-state index contributed by atoms with van der Waals surface area (Å²) in [5.41, 5.74) is 2.07. The summed E-state index contributed by atoms with van der Waals surface area (Å²) < 4.78 is 27.4. The van der Waals surface area contributed by atoms with Crippen molar-refractivity contribution in [2.45, 2.75) is 32.4 Å². The third-order valence-electron chi connectivity index (χ3n) is 5.35. The van der Waals surface area contributed by atoms with Gasteiger partial charge in [-0.05, 0) is 69.2 Å². The Kier molecular flexibility index (Phi) is 6.57. The average Bonchev–Trinajstić information content (AvgIpc) is 2.68. The van der Waals surface area contributed by atoms with Gasteiger partial charge in [0.25, 0.3) is 0 Å². The maximum absolute atomic E-state index is 14.2. The topological polar surface area (TPSA) is 23.6 Å². The highest BCUT2D eigenvalue weighted by Crippen LogP contribution is 2.22.